The minimum atomic E-state index is -0.842. The van der Waals surface area contributed by atoms with Gasteiger partial charge in [0.25, 0.3) is 0 Å². The van der Waals surface area contributed by atoms with Gasteiger partial charge in [0.2, 0.25) is 11.8 Å². The molecule has 1 saturated carbocycles. The number of piperidine rings is 1. The summed E-state index contributed by atoms with van der Waals surface area (Å²) < 4.78 is 0. The van der Waals surface area contributed by atoms with Crippen LogP contribution in [0.3, 0.4) is 0 Å². The van der Waals surface area contributed by atoms with Crippen LogP contribution in [-0.2, 0) is 20.8 Å². The van der Waals surface area contributed by atoms with Gasteiger partial charge in [0, 0.05) is 13.1 Å². The second-order valence-electron chi connectivity index (χ2n) is 8.38. The first-order valence-corrected chi connectivity index (χ1v) is 10.3. The standard InChI is InChI=1S/C22H30N2O4/c1-22(12-6-5-11-18(22)21(27)28)23-20(26)17-10-7-13-24(15-17)19(25)14-16-8-3-2-4-9-16/h2-4,8-9,17-18H,5-7,10-15H2,1H3,(H,23,26)(H,27,28). The van der Waals surface area contributed by atoms with Crippen LogP contribution in [-0.4, -0.2) is 46.4 Å². The highest BCUT2D eigenvalue weighted by atomic mass is 16.4. The molecule has 2 amide bonds. The molecule has 2 N–H and O–H groups in total. The quantitative estimate of drug-likeness (QED) is 0.814. The number of carboxylic acids is 1. The lowest BCUT2D eigenvalue weighted by Gasteiger charge is -2.41. The maximum atomic E-state index is 12.9. The van der Waals surface area contributed by atoms with Crippen LogP contribution in [0.5, 0.6) is 0 Å². The highest BCUT2D eigenvalue weighted by Crippen LogP contribution is 2.34. The predicted molar refractivity (Wildman–Crippen MR) is 106 cm³/mol. The minimum absolute atomic E-state index is 0.0380. The monoisotopic (exact) mass is 386 g/mol. The third-order valence-electron chi connectivity index (χ3n) is 6.26. The molecule has 0 bridgehead atoms. The molecule has 28 heavy (non-hydrogen) atoms. The molecule has 3 rings (SSSR count). The second kappa shape index (κ2) is 8.76. The Morgan fingerprint density at radius 2 is 1.89 bits per heavy atom. The van der Waals surface area contributed by atoms with E-state index in [0.29, 0.717) is 32.4 Å². The molecule has 0 spiro atoms. The average Bonchev–Trinajstić information content (AvgIpc) is 2.68. The number of aliphatic carboxylic acids is 1. The molecular formula is C22H30N2O4. The molecule has 1 aliphatic heterocycles. The number of carbonyl (C=O) groups excluding carboxylic acids is 2. The molecule has 2 aliphatic rings. The topological polar surface area (TPSA) is 86.7 Å². The molecule has 152 valence electrons. The number of likely N-dealkylation sites (tertiary alicyclic amines) is 1. The summed E-state index contributed by atoms with van der Waals surface area (Å²) >= 11 is 0. The molecule has 1 heterocycles. The molecule has 1 aliphatic carbocycles. The van der Waals surface area contributed by atoms with Crippen molar-refractivity contribution in [1.29, 1.82) is 0 Å². The molecule has 0 aromatic heterocycles. The first-order chi connectivity index (χ1) is 13.4. The van der Waals surface area contributed by atoms with Crippen LogP contribution in [0.15, 0.2) is 30.3 Å². The molecule has 1 saturated heterocycles. The lowest BCUT2D eigenvalue weighted by atomic mass is 9.73. The smallest absolute Gasteiger partial charge is 0.308 e. The first kappa shape index (κ1) is 20.4. The van der Waals surface area contributed by atoms with Gasteiger partial charge >= 0.3 is 5.97 Å². The zero-order valence-corrected chi connectivity index (χ0v) is 16.5. The molecule has 6 nitrogen and oxygen atoms in total. The number of amides is 2. The molecule has 1 aromatic rings. The zero-order valence-electron chi connectivity index (χ0n) is 16.5. The van der Waals surface area contributed by atoms with Crippen molar-refractivity contribution in [2.75, 3.05) is 13.1 Å². The van der Waals surface area contributed by atoms with Crippen LogP contribution in [0, 0.1) is 11.8 Å². The van der Waals surface area contributed by atoms with Gasteiger partial charge < -0.3 is 15.3 Å². The Kier molecular flexibility index (Phi) is 6.37. The fourth-order valence-corrected chi connectivity index (χ4v) is 4.56. The Morgan fingerprint density at radius 1 is 1.14 bits per heavy atom. The van der Waals surface area contributed by atoms with Crippen LogP contribution in [0.4, 0.5) is 0 Å². The highest BCUT2D eigenvalue weighted by molar-refractivity contribution is 5.83. The third-order valence-corrected chi connectivity index (χ3v) is 6.26. The molecular weight excluding hydrogens is 356 g/mol. The number of nitrogens with one attached hydrogen (secondary N) is 1. The largest absolute Gasteiger partial charge is 0.481 e. The molecule has 1 aromatic carbocycles. The van der Waals surface area contributed by atoms with Gasteiger partial charge in [0.05, 0.1) is 23.8 Å². The lowest BCUT2D eigenvalue weighted by Crippen LogP contribution is -2.58. The van der Waals surface area contributed by atoms with Crippen molar-refractivity contribution in [3.63, 3.8) is 0 Å². The van der Waals surface area contributed by atoms with Crippen LogP contribution >= 0.6 is 0 Å². The van der Waals surface area contributed by atoms with E-state index in [4.69, 9.17) is 0 Å². The van der Waals surface area contributed by atoms with Gasteiger partial charge in [0.1, 0.15) is 0 Å². The van der Waals surface area contributed by atoms with Gasteiger partial charge in [-0.15, -0.1) is 0 Å². The summed E-state index contributed by atoms with van der Waals surface area (Å²) in [6.07, 6.45) is 4.94. The van der Waals surface area contributed by atoms with Crippen molar-refractivity contribution in [3.8, 4) is 0 Å². The van der Waals surface area contributed by atoms with Crippen LogP contribution < -0.4 is 5.32 Å². The second-order valence-corrected chi connectivity index (χ2v) is 8.38. The van der Waals surface area contributed by atoms with Crippen molar-refractivity contribution >= 4 is 17.8 Å². The van der Waals surface area contributed by atoms with Crippen molar-refractivity contribution < 1.29 is 19.5 Å². The van der Waals surface area contributed by atoms with Crippen molar-refractivity contribution in [2.45, 2.75) is 57.4 Å². The fourth-order valence-electron chi connectivity index (χ4n) is 4.56. The van der Waals surface area contributed by atoms with Crippen molar-refractivity contribution in [2.24, 2.45) is 11.8 Å². The molecule has 0 radical (unpaired) electrons. The third kappa shape index (κ3) is 4.72. The van der Waals surface area contributed by atoms with E-state index in [-0.39, 0.29) is 17.7 Å². The minimum Gasteiger partial charge on any atom is -0.481 e. The fraction of sp³-hybridized carbons (Fsp3) is 0.591. The lowest BCUT2D eigenvalue weighted by molar-refractivity contribution is -0.147. The Labute approximate surface area is 166 Å². The Hall–Kier alpha value is -2.37. The van der Waals surface area contributed by atoms with Crippen LogP contribution in [0.1, 0.15) is 51.0 Å². The van der Waals surface area contributed by atoms with Crippen molar-refractivity contribution in [1.82, 2.24) is 10.2 Å². The van der Waals surface area contributed by atoms with Gasteiger partial charge in [-0.25, -0.2) is 0 Å². The number of nitrogens with zero attached hydrogens (tertiary/aromatic N) is 1. The normalized spacial score (nSPS) is 27.8. The highest BCUT2D eigenvalue weighted by Gasteiger charge is 2.43. The van der Waals surface area contributed by atoms with E-state index in [0.717, 1.165) is 31.2 Å². The molecule has 3 atom stereocenters. The Morgan fingerprint density at radius 3 is 2.61 bits per heavy atom. The Balaban J connectivity index is 1.61. The summed E-state index contributed by atoms with van der Waals surface area (Å²) in [5.41, 5.74) is 0.260. The summed E-state index contributed by atoms with van der Waals surface area (Å²) in [6.45, 7) is 2.93. The number of carbonyl (C=O) groups is 3. The maximum Gasteiger partial charge on any atom is 0.308 e. The van der Waals surface area contributed by atoms with Crippen LogP contribution in [0.2, 0.25) is 0 Å². The summed E-state index contributed by atoms with van der Waals surface area (Å²) in [7, 11) is 0. The molecule has 6 heteroatoms. The van der Waals surface area contributed by atoms with E-state index in [9.17, 15) is 19.5 Å². The van der Waals surface area contributed by atoms with Gasteiger partial charge in [-0.2, -0.15) is 0 Å². The summed E-state index contributed by atoms with van der Waals surface area (Å²) in [5, 5.41) is 12.6. The van der Waals surface area contributed by atoms with E-state index < -0.39 is 17.4 Å². The van der Waals surface area contributed by atoms with E-state index in [1.807, 2.05) is 37.3 Å². The summed E-state index contributed by atoms with van der Waals surface area (Å²) in [4.78, 5) is 39.0. The van der Waals surface area contributed by atoms with E-state index in [1.54, 1.807) is 4.90 Å². The van der Waals surface area contributed by atoms with Gasteiger partial charge in [-0.3, -0.25) is 14.4 Å². The van der Waals surface area contributed by atoms with E-state index in [2.05, 4.69) is 5.32 Å². The summed E-state index contributed by atoms with van der Waals surface area (Å²) in [5.74, 6) is -1.75. The van der Waals surface area contributed by atoms with E-state index in [1.165, 1.54) is 0 Å². The number of benzene rings is 1. The number of hydrogen-bond acceptors (Lipinski definition) is 3. The van der Waals surface area contributed by atoms with Gasteiger partial charge in [-0.05, 0) is 38.2 Å². The first-order valence-electron chi connectivity index (χ1n) is 10.3. The number of rotatable bonds is 5. The predicted octanol–water partition coefficient (Wildman–Crippen LogP) is 2.62. The van der Waals surface area contributed by atoms with Gasteiger partial charge in [0.15, 0.2) is 0 Å². The molecule has 2 fully saturated rings. The Bertz CT molecular complexity index is 721. The van der Waals surface area contributed by atoms with Gasteiger partial charge in [-0.1, -0.05) is 43.2 Å². The average molecular weight is 386 g/mol. The zero-order chi connectivity index (χ0) is 20.1. The number of hydrogen-bond donors (Lipinski definition) is 2. The summed E-state index contributed by atoms with van der Waals surface area (Å²) in [6, 6.07) is 9.62. The van der Waals surface area contributed by atoms with Crippen LogP contribution in [0.25, 0.3) is 0 Å². The SMILES string of the molecule is CC1(NC(=O)C2CCCN(C(=O)Cc3ccccc3)C2)CCCCC1C(=O)O. The van der Waals surface area contributed by atoms with E-state index >= 15 is 0 Å². The molecule has 3 unspecified atom stereocenters. The maximum absolute atomic E-state index is 12.9. The number of carboxylic acid groups (broad SMARTS) is 1. The van der Waals surface area contributed by atoms with Crippen molar-refractivity contribution in [3.05, 3.63) is 35.9 Å².